The molecule has 1 amide bonds. The fraction of sp³-hybridized carbons (Fsp3) is 0.250. The molecule has 3 aromatic rings. The Morgan fingerprint density at radius 2 is 1.69 bits per heavy atom. The number of carbonyl (C=O) groups is 1. The second kappa shape index (κ2) is 8.40. The highest BCUT2D eigenvalue weighted by molar-refractivity contribution is 7.89. The minimum Gasteiger partial charge on any atom is -0.298 e. The molecule has 1 aliphatic heterocycles. The van der Waals surface area contributed by atoms with Crippen LogP contribution in [0.25, 0.3) is 11.3 Å². The molecule has 0 saturated carbocycles. The van der Waals surface area contributed by atoms with Gasteiger partial charge in [0.15, 0.2) is 5.13 Å². The maximum atomic E-state index is 12.7. The molecule has 0 atom stereocenters. The number of aromatic nitrogens is 2. The number of nitrogens with zero attached hydrogens (tertiary/aromatic N) is 3. The van der Waals surface area contributed by atoms with Gasteiger partial charge in [-0.15, -0.1) is 11.3 Å². The standard InChI is InChI=1S/C20H20N4O3S2/c25-19(23-20-22-18(14-28-20)15-8-10-21-11-9-15)16-4-6-17(7-5-16)29(26,27)24-12-2-1-3-13-24/h4-11,14H,1-3,12-13H2,(H,22,23,25). The summed E-state index contributed by atoms with van der Waals surface area (Å²) < 4.78 is 26.9. The lowest BCUT2D eigenvalue weighted by Gasteiger charge is -2.25. The van der Waals surface area contributed by atoms with E-state index in [1.165, 1.54) is 39.9 Å². The molecule has 1 N–H and O–H groups in total. The van der Waals surface area contributed by atoms with Gasteiger partial charge in [-0.3, -0.25) is 15.1 Å². The maximum absolute atomic E-state index is 12.7. The van der Waals surface area contributed by atoms with Crippen LogP contribution in [-0.4, -0.2) is 41.7 Å². The predicted molar refractivity (Wildman–Crippen MR) is 112 cm³/mol. The van der Waals surface area contributed by atoms with Crippen LogP contribution < -0.4 is 5.32 Å². The molecular weight excluding hydrogens is 408 g/mol. The number of amides is 1. The van der Waals surface area contributed by atoms with Gasteiger partial charge in [-0.2, -0.15) is 4.31 Å². The topological polar surface area (TPSA) is 92.3 Å². The van der Waals surface area contributed by atoms with E-state index < -0.39 is 10.0 Å². The van der Waals surface area contributed by atoms with Crippen molar-refractivity contribution in [1.82, 2.24) is 14.3 Å². The lowest BCUT2D eigenvalue weighted by Crippen LogP contribution is -2.35. The second-order valence-electron chi connectivity index (χ2n) is 6.72. The first-order chi connectivity index (χ1) is 14.0. The van der Waals surface area contributed by atoms with E-state index in [2.05, 4.69) is 15.3 Å². The zero-order chi connectivity index (χ0) is 20.3. The third-order valence-corrected chi connectivity index (χ3v) is 7.44. The summed E-state index contributed by atoms with van der Waals surface area (Å²) in [6.07, 6.45) is 6.20. The van der Waals surface area contributed by atoms with Crippen LogP contribution in [-0.2, 0) is 10.0 Å². The number of rotatable bonds is 5. The van der Waals surface area contributed by atoms with Gasteiger partial charge in [0.2, 0.25) is 10.0 Å². The number of carbonyl (C=O) groups excluding carboxylic acids is 1. The number of thiazole rings is 1. The van der Waals surface area contributed by atoms with Crippen LogP contribution >= 0.6 is 11.3 Å². The van der Waals surface area contributed by atoms with E-state index in [1.54, 1.807) is 12.4 Å². The Kier molecular flexibility index (Phi) is 5.70. The first-order valence-corrected chi connectivity index (χ1v) is 11.6. The Hall–Kier alpha value is -2.62. The van der Waals surface area contributed by atoms with E-state index in [4.69, 9.17) is 0 Å². The average Bonchev–Trinajstić information content (AvgIpc) is 3.23. The van der Waals surface area contributed by atoms with Gasteiger partial charge in [-0.05, 0) is 49.2 Å². The van der Waals surface area contributed by atoms with Crippen molar-refractivity contribution in [3.05, 3.63) is 59.7 Å². The summed E-state index contributed by atoms with van der Waals surface area (Å²) in [6.45, 7) is 1.10. The molecular formula is C20H20N4O3S2. The van der Waals surface area contributed by atoms with Gasteiger partial charge in [-0.1, -0.05) is 6.42 Å². The summed E-state index contributed by atoms with van der Waals surface area (Å²) in [5, 5.41) is 5.10. The van der Waals surface area contributed by atoms with Crippen LogP contribution in [0.3, 0.4) is 0 Å². The Morgan fingerprint density at radius 1 is 1.00 bits per heavy atom. The quantitative estimate of drug-likeness (QED) is 0.670. The second-order valence-corrected chi connectivity index (χ2v) is 9.51. The number of hydrogen-bond donors (Lipinski definition) is 1. The minimum atomic E-state index is -3.50. The number of nitrogens with one attached hydrogen (secondary N) is 1. The average molecular weight is 429 g/mol. The molecule has 150 valence electrons. The van der Waals surface area contributed by atoms with E-state index in [0.717, 1.165) is 30.5 Å². The van der Waals surface area contributed by atoms with Gasteiger partial charge < -0.3 is 0 Å². The number of anilines is 1. The van der Waals surface area contributed by atoms with Crippen molar-refractivity contribution >= 4 is 32.4 Å². The highest BCUT2D eigenvalue weighted by Crippen LogP contribution is 2.25. The van der Waals surface area contributed by atoms with E-state index in [-0.39, 0.29) is 10.8 Å². The first-order valence-electron chi connectivity index (χ1n) is 9.31. The first kappa shape index (κ1) is 19.7. The fourth-order valence-corrected chi connectivity index (χ4v) is 5.42. The molecule has 0 aliphatic carbocycles. The van der Waals surface area contributed by atoms with Crippen LogP contribution in [0.4, 0.5) is 5.13 Å². The lowest BCUT2D eigenvalue weighted by atomic mass is 10.2. The molecule has 1 saturated heterocycles. The zero-order valence-corrected chi connectivity index (χ0v) is 17.2. The summed E-state index contributed by atoms with van der Waals surface area (Å²) in [7, 11) is -3.50. The highest BCUT2D eigenvalue weighted by atomic mass is 32.2. The van der Waals surface area contributed by atoms with Crippen LogP contribution in [0.5, 0.6) is 0 Å². The van der Waals surface area contributed by atoms with Gasteiger partial charge in [0, 0.05) is 42.0 Å². The largest absolute Gasteiger partial charge is 0.298 e. The molecule has 7 nitrogen and oxygen atoms in total. The van der Waals surface area contributed by atoms with Crippen molar-refractivity contribution in [2.75, 3.05) is 18.4 Å². The molecule has 0 bridgehead atoms. The fourth-order valence-electron chi connectivity index (χ4n) is 3.19. The molecule has 1 fully saturated rings. The molecule has 1 aromatic carbocycles. The van der Waals surface area contributed by atoms with Crippen molar-refractivity contribution in [1.29, 1.82) is 0 Å². The SMILES string of the molecule is O=C(Nc1nc(-c2ccncc2)cs1)c1ccc(S(=O)(=O)N2CCCCC2)cc1. The van der Waals surface area contributed by atoms with Crippen molar-refractivity contribution in [2.45, 2.75) is 24.2 Å². The van der Waals surface area contributed by atoms with Gasteiger partial charge in [-0.25, -0.2) is 13.4 Å². The monoisotopic (exact) mass is 428 g/mol. The van der Waals surface area contributed by atoms with Crippen molar-refractivity contribution in [3.63, 3.8) is 0 Å². The molecule has 0 unspecified atom stereocenters. The summed E-state index contributed by atoms with van der Waals surface area (Å²) >= 11 is 1.33. The molecule has 0 spiro atoms. The van der Waals surface area contributed by atoms with E-state index in [1.807, 2.05) is 17.5 Å². The Bertz CT molecular complexity index is 1090. The third-order valence-electron chi connectivity index (χ3n) is 4.77. The highest BCUT2D eigenvalue weighted by Gasteiger charge is 2.26. The third kappa shape index (κ3) is 4.36. The van der Waals surface area contributed by atoms with E-state index >= 15 is 0 Å². The number of pyridine rings is 1. The smallest absolute Gasteiger partial charge is 0.257 e. The lowest BCUT2D eigenvalue weighted by molar-refractivity contribution is 0.102. The molecule has 2 aromatic heterocycles. The zero-order valence-electron chi connectivity index (χ0n) is 15.6. The van der Waals surface area contributed by atoms with Crippen molar-refractivity contribution < 1.29 is 13.2 Å². The van der Waals surface area contributed by atoms with Gasteiger partial charge in [0.05, 0.1) is 10.6 Å². The predicted octanol–water partition coefficient (Wildman–Crippen LogP) is 3.63. The van der Waals surface area contributed by atoms with Gasteiger partial charge >= 0.3 is 0 Å². The molecule has 4 rings (SSSR count). The van der Waals surface area contributed by atoms with Crippen LogP contribution in [0.1, 0.15) is 29.6 Å². The maximum Gasteiger partial charge on any atom is 0.257 e. The van der Waals surface area contributed by atoms with E-state index in [0.29, 0.717) is 23.8 Å². The number of hydrogen-bond acceptors (Lipinski definition) is 6. The normalized spacial score (nSPS) is 15.2. The summed E-state index contributed by atoms with van der Waals surface area (Å²) in [4.78, 5) is 21.1. The molecule has 9 heteroatoms. The molecule has 29 heavy (non-hydrogen) atoms. The van der Waals surface area contributed by atoms with E-state index in [9.17, 15) is 13.2 Å². The minimum absolute atomic E-state index is 0.213. The number of piperidine rings is 1. The Morgan fingerprint density at radius 3 is 2.38 bits per heavy atom. The van der Waals surface area contributed by atoms with Gasteiger partial charge in [0.1, 0.15) is 0 Å². The van der Waals surface area contributed by atoms with Crippen molar-refractivity contribution in [3.8, 4) is 11.3 Å². The van der Waals surface area contributed by atoms with Crippen LogP contribution in [0, 0.1) is 0 Å². The number of sulfonamides is 1. The summed E-state index contributed by atoms with van der Waals surface area (Å²) in [5.74, 6) is -0.331. The summed E-state index contributed by atoms with van der Waals surface area (Å²) in [5.41, 5.74) is 2.06. The van der Waals surface area contributed by atoms with Crippen LogP contribution in [0.2, 0.25) is 0 Å². The van der Waals surface area contributed by atoms with Gasteiger partial charge in [0.25, 0.3) is 5.91 Å². The summed E-state index contributed by atoms with van der Waals surface area (Å²) in [6, 6.07) is 9.74. The Labute approximate surface area is 173 Å². The number of benzene rings is 1. The van der Waals surface area contributed by atoms with Crippen molar-refractivity contribution in [2.24, 2.45) is 0 Å². The molecule has 3 heterocycles. The molecule has 1 aliphatic rings. The van der Waals surface area contributed by atoms with Crippen LogP contribution in [0.15, 0.2) is 59.1 Å². The Balaban J connectivity index is 1.45. The molecule has 0 radical (unpaired) electrons.